The number of aryl methyl sites for hydroxylation is 1. The maximum atomic E-state index is 4.41. The Hall–Kier alpha value is -1.19. The Bertz CT molecular complexity index is 502. The molecule has 0 radical (unpaired) electrons. The Morgan fingerprint density at radius 1 is 1.27 bits per heavy atom. The third-order valence-corrected chi connectivity index (χ3v) is 3.67. The normalized spacial score (nSPS) is 14.2. The van der Waals surface area contributed by atoms with Gasteiger partial charge in [-0.15, -0.1) is 11.3 Å². The van der Waals surface area contributed by atoms with E-state index in [2.05, 4.69) is 35.4 Å². The maximum absolute atomic E-state index is 4.41. The van der Waals surface area contributed by atoms with Crippen LogP contribution >= 0.6 is 11.3 Å². The predicted octanol–water partition coefficient (Wildman–Crippen LogP) is 2.72. The summed E-state index contributed by atoms with van der Waals surface area (Å²) < 4.78 is 0. The molecular formula is C12H12N2S. The van der Waals surface area contributed by atoms with Crippen LogP contribution in [0.5, 0.6) is 0 Å². The van der Waals surface area contributed by atoms with Crippen molar-refractivity contribution in [3.8, 4) is 10.6 Å². The molecule has 0 amide bonds. The van der Waals surface area contributed by atoms with Gasteiger partial charge in [0.2, 0.25) is 0 Å². The number of rotatable bonds is 1. The highest BCUT2D eigenvalue weighted by molar-refractivity contribution is 7.14. The minimum absolute atomic E-state index is 0.994. The molecule has 1 aromatic heterocycles. The van der Waals surface area contributed by atoms with Crippen LogP contribution in [0.3, 0.4) is 0 Å². The predicted molar refractivity (Wildman–Crippen MR) is 62.8 cm³/mol. The van der Waals surface area contributed by atoms with E-state index in [1.54, 1.807) is 11.3 Å². The molecule has 1 aromatic carbocycles. The average molecular weight is 216 g/mol. The summed E-state index contributed by atoms with van der Waals surface area (Å²) in [6, 6.07) is 6.64. The molecule has 2 heterocycles. The van der Waals surface area contributed by atoms with Crippen molar-refractivity contribution in [1.82, 2.24) is 10.3 Å². The number of aromatic nitrogens is 1. The first kappa shape index (κ1) is 9.07. The van der Waals surface area contributed by atoms with E-state index in [-0.39, 0.29) is 0 Å². The van der Waals surface area contributed by atoms with E-state index in [1.807, 2.05) is 6.20 Å². The van der Waals surface area contributed by atoms with Crippen molar-refractivity contribution in [1.29, 1.82) is 0 Å². The van der Waals surface area contributed by atoms with Gasteiger partial charge < -0.3 is 5.32 Å². The van der Waals surface area contributed by atoms with Gasteiger partial charge in [0.05, 0.1) is 0 Å². The van der Waals surface area contributed by atoms with Crippen molar-refractivity contribution in [3.63, 3.8) is 0 Å². The van der Waals surface area contributed by atoms with Crippen LogP contribution in [-0.4, -0.2) is 4.98 Å². The lowest BCUT2D eigenvalue weighted by atomic mass is 10.1. The maximum Gasteiger partial charge on any atom is 0.123 e. The molecule has 15 heavy (non-hydrogen) atoms. The molecule has 76 valence electrons. The average Bonchev–Trinajstić information content (AvgIpc) is 2.84. The number of benzene rings is 1. The molecule has 0 fully saturated rings. The summed E-state index contributed by atoms with van der Waals surface area (Å²) in [7, 11) is 0. The molecule has 0 aliphatic carbocycles. The van der Waals surface area contributed by atoms with Crippen molar-refractivity contribution >= 4 is 11.3 Å². The first-order chi connectivity index (χ1) is 7.33. The molecule has 3 heteroatoms. The van der Waals surface area contributed by atoms with E-state index in [1.165, 1.54) is 21.6 Å². The monoisotopic (exact) mass is 216 g/mol. The largest absolute Gasteiger partial charge is 0.309 e. The van der Waals surface area contributed by atoms with Crippen LogP contribution in [0.25, 0.3) is 10.6 Å². The van der Waals surface area contributed by atoms with E-state index < -0.39 is 0 Å². The summed E-state index contributed by atoms with van der Waals surface area (Å²) in [5.74, 6) is 0. The van der Waals surface area contributed by atoms with Crippen LogP contribution in [0.15, 0.2) is 24.4 Å². The highest BCUT2D eigenvalue weighted by atomic mass is 32.1. The number of hydrogen-bond acceptors (Lipinski definition) is 3. The Kier molecular flexibility index (Phi) is 2.08. The number of nitrogens with zero attached hydrogens (tertiary/aromatic N) is 1. The summed E-state index contributed by atoms with van der Waals surface area (Å²) >= 11 is 1.75. The highest BCUT2D eigenvalue weighted by Crippen LogP contribution is 2.27. The summed E-state index contributed by atoms with van der Waals surface area (Å²) in [5.41, 5.74) is 4.09. The van der Waals surface area contributed by atoms with Gasteiger partial charge in [-0.05, 0) is 24.1 Å². The smallest absolute Gasteiger partial charge is 0.123 e. The minimum atomic E-state index is 0.994. The van der Waals surface area contributed by atoms with Gasteiger partial charge in [-0.25, -0.2) is 4.98 Å². The van der Waals surface area contributed by atoms with Crippen molar-refractivity contribution in [2.24, 2.45) is 0 Å². The van der Waals surface area contributed by atoms with Gasteiger partial charge in [0, 0.05) is 29.7 Å². The van der Waals surface area contributed by atoms with E-state index in [0.717, 1.165) is 18.1 Å². The van der Waals surface area contributed by atoms with Gasteiger partial charge >= 0.3 is 0 Å². The van der Waals surface area contributed by atoms with Gasteiger partial charge in [0.25, 0.3) is 0 Å². The number of nitrogens with one attached hydrogen (secondary N) is 1. The third kappa shape index (κ3) is 1.58. The van der Waals surface area contributed by atoms with Crippen LogP contribution in [0, 0.1) is 6.92 Å². The molecule has 3 rings (SSSR count). The van der Waals surface area contributed by atoms with Gasteiger partial charge in [-0.3, -0.25) is 0 Å². The molecule has 1 aliphatic rings. The summed E-state index contributed by atoms with van der Waals surface area (Å²) in [5, 5.41) is 4.48. The second-order valence-corrected chi connectivity index (χ2v) is 5.10. The van der Waals surface area contributed by atoms with Crippen molar-refractivity contribution in [2.45, 2.75) is 20.0 Å². The molecule has 1 N–H and O–H groups in total. The molecule has 0 saturated carbocycles. The summed E-state index contributed by atoms with van der Waals surface area (Å²) in [6.07, 6.45) is 1.94. The quantitative estimate of drug-likeness (QED) is 0.792. The first-order valence-corrected chi connectivity index (χ1v) is 5.90. The zero-order valence-corrected chi connectivity index (χ0v) is 9.40. The highest BCUT2D eigenvalue weighted by Gasteiger charge is 2.11. The number of thiazole rings is 1. The molecule has 0 atom stereocenters. The molecule has 2 aromatic rings. The van der Waals surface area contributed by atoms with Crippen LogP contribution in [0.4, 0.5) is 0 Å². The second kappa shape index (κ2) is 3.43. The van der Waals surface area contributed by atoms with Gasteiger partial charge in [0.1, 0.15) is 5.01 Å². The Morgan fingerprint density at radius 3 is 2.93 bits per heavy atom. The topological polar surface area (TPSA) is 24.9 Å². The van der Waals surface area contributed by atoms with Crippen molar-refractivity contribution < 1.29 is 0 Å². The minimum Gasteiger partial charge on any atom is -0.309 e. The Morgan fingerprint density at radius 2 is 2.13 bits per heavy atom. The van der Waals surface area contributed by atoms with E-state index in [9.17, 15) is 0 Å². The second-order valence-electron chi connectivity index (χ2n) is 3.86. The van der Waals surface area contributed by atoms with Crippen molar-refractivity contribution in [2.75, 3.05) is 0 Å². The lowest BCUT2D eigenvalue weighted by Crippen LogP contribution is -1.99. The van der Waals surface area contributed by atoms with E-state index in [4.69, 9.17) is 0 Å². The molecule has 0 unspecified atom stereocenters. The molecule has 1 aliphatic heterocycles. The molecule has 0 saturated heterocycles. The lowest BCUT2D eigenvalue weighted by Gasteiger charge is -2.00. The SMILES string of the molecule is Cc1cnc(-c2ccc3c(c2)CNC3)s1. The van der Waals surface area contributed by atoms with Gasteiger partial charge in [-0.2, -0.15) is 0 Å². The standard InChI is InChI=1S/C12H12N2S/c1-8-5-14-12(15-8)9-2-3-10-6-13-7-11(10)4-9/h2-5,13H,6-7H2,1H3. The Labute approximate surface area is 93.0 Å². The molecular weight excluding hydrogens is 204 g/mol. The van der Waals surface area contributed by atoms with Gasteiger partial charge in [0.15, 0.2) is 0 Å². The summed E-state index contributed by atoms with van der Waals surface area (Å²) in [6.45, 7) is 4.09. The van der Waals surface area contributed by atoms with Crippen LogP contribution in [0.1, 0.15) is 16.0 Å². The molecule has 2 nitrogen and oxygen atoms in total. The third-order valence-electron chi connectivity index (χ3n) is 2.71. The molecule has 0 bridgehead atoms. The van der Waals surface area contributed by atoms with Gasteiger partial charge in [-0.1, -0.05) is 12.1 Å². The fraction of sp³-hybridized carbons (Fsp3) is 0.250. The van der Waals surface area contributed by atoms with E-state index >= 15 is 0 Å². The fourth-order valence-corrected chi connectivity index (χ4v) is 2.68. The fourth-order valence-electron chi connectivity index (χ4n) is 1.92. The van der Waals surface area contributed by atoms with Crippen LogP contribution in [0.2, 0.25) is 0 Å². The number of fused-ring (bicyclic) bond motifs is 1. The van der Waals surface area contributed by atoms with E-state index in [0.29, 0.717) is 0 Å². The Balaban J connectivity index is 2.06. The zero-order chi connectivity index (χ0) is 10.3. The summed E-state index contributed by atoms with van der Waals surface area (Å²) in [4.78, 5) is 5.68. The number of hydrogen-bond donors (Lipinski definition) is 1. The lowest BCUT2D eigenvalue weighted by molar-refractivity contribution is 0.765. The zero-order valence-electron chi connectivity index (χ0n) is 8.58. The van der Waals surface area contributed by atoms with Crippen LogP contribution in [-0.2, 0) is 13.1 Å². The van der Waals surface area contributed by atoms with Crippen molar-refractivity contribution in [3.05, 3.63) is 40.4 Å². The molecule has 0 spiro atoms. The van der Waals surface area contributed by atoms with Crippen LogP contribution < -0.4 is 5.32 Å². The first-order valence-electron chi connectivity index (χ1n) is 5.08.